The number of nitrogens with one attached hydrogen (secondary N) is 1. The molecule has 0 aromatic rings. The normalized spacial score (nSPS) is 22.4. The zero-order chi connectivity index (χ0) is 11.3. The van der Waals surface area contributed by atoms with E-state index in [-0.39, 0.29) is 5.91 Å². The molecule has 1 atom stereocenters. The maximum Gasteiger partial charge on any atom is 0.324 e. The van der Waals surface area contributed by atoms with Crippen LogP contribution in [-0.2, 0) is 4.79 Å². The highest BCUT2D eigenvalue weighted by molar-refractivity contribution is 6.18. The Morgan fingerprint density at radius 1 is 1.60 bits per heavy atom. The largest absolute Gasteiger partial charge is 0.336 e. The average Bonchev–Trinajstić information content (AvgIpc) is 2.39. The van der Waals surface area contributed by atoms with E-state index in [1.807, 2.05) is 0 Å². The number of hydrogen-bond donors (Lipinski definition) is 2. The van der Waals surface area contributed by atoms with Crippen molar-refractivity contribution >= 4 is 23.5 Å². The highest BCUT2D eigenvalue weighted by Crippen LogP contribution is 2.10. The number of carbonyl (C=O) groups is 2. The molecule has 0 spiro atoms. The van der Waals surface area contributed by atoms with Gasteiger partial charge in [0.05, 0.1) is 6.04 Å². The van der Waals surface area contributed by atoms with Gasteiger partial charge in [-0.25, -0.2) is 4.79 Å². The van der Waals surface area contributed by atoms with Crippen LogP contribution in [0.1, 0.15) is 19.3 Å². The molecule has 0 aromatic carbocycles. The first kappa shape index (κ1) is 12.3. The summed E-state index contributed by atoms with van der Waals surface area (Å²) in [6, 6.07) is -0.938. The summed E-state index contributed by atoms with van der Waals surface area (Å²) in [5.41, 5.74) is 5.64. The van der Waals surface area contributed by atoms with Crippen LogP contribution >= 0.6 is 11.6 Å². The van der Waals surface area contributed by atoms with Crippen LogP contribution < -0.4 is 11.1 Å². The van der Waals surface area contributed by atoms with Crippen molar-refractivity contribution in [3.05, 3.63) is 0 Å². The second-order valence-corrected chi connectivity index (χ2v) is 3.89. The van der Waals surface area contributed by atoms with Crippen LogP contribution in [-0.4, -0.2) is 41.8 Å². The monoisotopic (exact) mass is 233 g/mol. The molecule has 0 unspecified atom stereocenters. The van der Waals surface area contributed by atoms with Gasteiger partial charge in [-0.3, -0.25) is 9.69 Å². The molecule has 0 saturated carbocycles. The number of imide groups is 1. The molecule has 1 aliphatic rings. The molecule has 1 saturated heterocycles. The Morgan fingerprint density at radius 3 is 3.00 bits per heavy atom. The molecule has 1 heterocycles. The average molecular weight is 234 g/mol. The predicted molar refractivity (Wildman–Crippen MR) is 57.7 cm³/mol. The lowest BCUT2D eigenvalue weighted by Gasteiger charge is -2.20. The van der Waals surface area contributed by atoms with Crippen LogP contribution in [0.4, 0.5) is 4.79 Å². The van der Waals surface area contributed by atoms with Crippen molar-refractivity contribution in [2.45, 2.75) is 25.3 Å². The van der Waals surface area contributed by atoms with Crippen LogP contribution in [0.5, 0.6) is 0 Å². The van der Waals surface area contributed by atoms with Gasteiger partial charge in [0.1, 0.15) is 0 Å². The minimum atomic E-state index is -0.547. The number of likely N-dealkylation sites (tertiary alicyclic amines) is 1. The number of nitrogens with two attached hydrogens (primary N) is 1. The number of nitrogens with zero attached hydrogens (tertiary/aromatic N) is 1. The zero-order valence-electron chi connectivity index (χ0n) is 8.54. The third-order valence-corrected chi connectivity index (χ3v) is 2.53. The Kier molecular flexibility index (Phi) is 4.84. The van der Waals surface area contributed by atoms with Crippen LogP contribution in [0.2, 0.25) is 0 Å². The van der Waals surface area contributed by atoms with Crippen LogP contribution in [0.3, 0.4) is 0 Å². The molecule has 6 heteroatoms. The van der Waals surface area contributed by atoms with Gasteiger partial charge in [0.2, 0.25) is 5.91 Å². The number of halogens is 1. The van der Waals surface area contributed by atoms with E-state index in [9.17, 15) is 9.59 Å². The Morgan fingerprint density at radius 2 is 2.33 bits per heavy atom. The minimum Gasteiger partial charge on any atom is -0.336 e. The van der Waals surface area contributed by atoms with E-state index >= 15 is 0 Å². The number of hydrogen-bond acceptors (Lipinski definition) is 3. The van der Waals surface area contributed by atoms with Crippen molar-refractivity contribution in [3.8, 4) is 0 Å². The molecule has 3 amide bonds. The van der Waals surface area contributed by atoms with E-state index in [0.717, 1.165) is 12.8 Å². The topological polar surface area (TPSA) is 75.4 Å². The van der Waals surface area contributed by atoms with Crippen LogP contribution in [0.15, 0.2) is 0 Å². The lowest BCUT2D eigenvalue weighted by molar-refractivity contribution is -0.129. The van der Waals surface area contributed by atoms with Crippen molar-refractivity contribution in [1.29, 1.82) is 0 Å². The van der Waals surface area contributed by atoms with E-state index in [1.54, 1.807) is 0 Å². The fourth-order valence-electron chi connectivity index (χ4n) is 1.52. The summed E-state index contributed by atoms with van der Waals surface area (Å²) in [5.74, 6) is 0.0411. The summed E-state index contributed by atoms with van der Waals surface area (Å²) < 4.78 is 0. The minimum absolute atomic E-state index is 0.292. The highest BCUT2D eigenvalue weighted by Gasteiger charge is 2.28. The molecule has 0 aromatic heterocycles. The molecule has 1 aliphatic heterocycles. The quantitative estimate of drug-likeness (QED) is 0.673. The Balaban J connectivity index is 2.57. The molecule has 3 N–H and O–H groups in total. The first-order chi connectivity index (χ1) is 7.16. The maximum absolute atomic E-state index is 11.7. The van der Waals surface area contributed by atoms with Gasteiger partial charge in [0.25, 0.3) is 0 Å². The van der Waals surface area contributed by atoms with E-state index in [4.69, 9.17) is 17.3 Å². The first-order valence-corrected chi connectivity index (χ1v) is 5.61. The molecule has 5 nitrogen and oxygen atoms in total. The number of rotatable bonds is 2. The van der Waals surface area contributed by atoms with Crippen LogP contribution in [0.25, 0.3) is 0 Å². The third kappa shape index (κ3) is 3.35. The van der Waals surface area contributed by atoms with Crippen molar-refractivity contribution in [2.75, 3.05) is 19.0 Å². The standard InChI is InChI=1S/C9H16ClN3O2/c10-4-5-12-9(15)13-6-2-1-3-7(11)8(13)14/h7H,1-6,11H2,(H,12,15)/t7-/m1/s1. The third-order valence-electron chi connectivity index (χ3n) is 2.35. The maximum atomic E-state index is 11.7. The van der Waals surface area contributed by atoms with Gasteiger partial charge >= 0.3 is 6.03 Å². The Labute approximate surface area is 93.9 Å². The summed E-state index contributed by atoms with van der Waals surface area (Å²) in [4.78, 5) is 24.4. The number of alkyl halides is 1. The van der Waals surface area contributed by atoms with Gasteiger partial charge in [-0.2, -0.15) is 0 Å². The van der Waals surface area contributed by atoms with Gasteiger partial charge < -0.3 is 11.1 Å². The fraction of sp³-hybridized carbons (Fsp3) is 0.778. The van der Waals surface area contributed by atoms with Crippen molar-refractivity contribution in [3.63, 3.8) is 0 Å². The first-order valence-electron chi connectivity index (χ1n) is 5.07. The summed E-state index contributed by atoms with van der Waals surface area (Å²) in [5, 5.41) is 2.56. The van der Waals surface area contributed by atoms with Crippen molar-refractivity contribution in [1.82, 2.24) is 10.2 Å². The zero-order valence-corrected chi connectivity index (χ0v) is 9.29. The lowest BCUT2D eigenvalue weighted by atomic mass is 10.1. The highest BCUT2D eigenvalue weighted by atomic mass is 35.5. The molecule has 1 rings (SSSR count). The summed E-state index contributed by atoms with van der Waals surface area (Å²) in [6.45, 7) is 0.806. The Bertz CT molecular complexity index is 248. The molecule has 1 fully saturated rings. The molecule has 15 heavy (non-hydrogen) atoms. The summed E-state index contributed by atoms with van der Waals surface area (Å²) in [6.07, 6.45) is 2.35. The van der Waals surface area contributed by atoms with Gasteiger partial charge in [-0.05, 0) is 19.3 Å². The van der Waals surface area contributed by atoms with E-state index in [0.29, 0.717) is 25.4 Å². The molecule has 0 bridgehead atoms. The number of carbonyl (C=O) groups excluding carboxylic acids is 2. The lowest BCUT2D eigenvalue weighted by Crippen LogP contribution is -2.49. The van der Waals surface area contributed by atoms with Gasteiger partial charge in [0, 0.05) is 19.0 Å². The summed E-state index contributed by atoms with van der Waals surface area (Å²) >= 11 is 5.44. The van der Waals surface area contributed by atoms with Crippen molar-refractivity contribution < 1.29 is 9.59 Å². The second kappa shape index (κ2) is 5.92. The van der Waals surface area contributed by atoms with E-state index < -0.39 is 12.1 Å². The fourth-order valence-corrected chi connectivity index (χ4v) is 1.61. The van der Waals surface area contributed by atoms with Crippen molar-refractivity contribution in [2.24, 2.45) is 5.73 Å². The second-order valence-electron chi connectivity index (χ2n) is 3.51. The van der Waals surface area contributed by atoms with Gasteiger partial charge in [-0.15, -0.1) is 11.6 Å². The molecule has 0 aliphatic carbocycles. The van der Waals surface area contributed by atoms with Gasteiger partial charge in [0.15, 0.2) is 0 Å². The predicted octanol–water partition coefficient (Wildman–Crippen LogP) is 0.275. The molecule has 0 radical (unpaired) electrons. The van der Waals surface area contributed by atoms with E-state index in [1.165, 1.54) is 4.90 Å². The smallest absolute Gasteiger partial charge is 0.324 e. The number of amides is 3. The Hall–Kier alpha value is -0.810. The molecular weight excluding hydrogens is 218 g/mol. The van der Waals surface area contributed by atoms with E-state index in [2.05, 4.69) is 5.32 Å². The molecule has 86 valence electrons. The van der Waals surface area contributed by atoms with Crippen LogP contribution in [0, 0.1) is 0 Å². The SMILES string of the molecule is N[C@@H]1CCCCN(C(=O)NCCCl)C1=O. The summed E-state index contributed by atoms with van der Waals surface area (Å²) in [7, 11) is 0. The van der Waals surface area contributed by atoms with Gasteiger partial charge in [-0.1, -0.05) is 0 Å². The number of urea groups is 1. The molecular formula is C9H16ClN3O2.